The lowest BCUT2D eigenvalue weighted by molar-refractivity contribution is -0.167. The highest BCUT2D eigenvalue weighted by atomic mass is 16.6. The van der Waals surface area contributed by atoms with E-state index in [2.05, 4.69) is 81.5 Å². The standard InChI is InChI=1S/C75H136O6/c1-4-7-10-13-16-19-22-25-28-31-34-36-37-39-41-44-47-50-53-56-59-62-65-68-74(77)80-71-72(70-79-73(76)67-64-61-58-55-52-49-46-43-40-33-30-27-24-21-18-15-12-9-6-3)81-75(78)69-66-63-60-57-54-51-48-45-42-38-35-32-29-26-23-20-17-14-11-8-5-2/h9,12,18,21,27,30,40,43,49,52,72H,4-8,10-11,13-17,19-20,22-26,28-29,31-39,41-42,44-48,50-51,53-71H2,1-3H3/b12-9-,21-18-,30-27-,43-40-,52-49-. The second kappa shape index (κ2) is 69.6. The minimum atomic E-state index is -0.787. The Morgan fingerprint density at radius 3 is 0.753 bits per heavy atom. The van der Waals surface area contributed by atoms with E-state index >= 15 is 0 Å². The second-order valence-electron chi connectivity index (χ2n) is 24.1. The van der Waals surface area contributed by atoms with E-state index in [4.69, 9.17) is 14.2 Å². The highest BCUT2D eigenvalue weighted by Crippen LogP contribution is 2.19. The van der Waals surface area contributed by atoms with Crippen LogP contribution in [0, 0.1) is 0 Å². The molecule has 0 N–H and O–H groups in total. The first-order valence-corrected chi connectivity index (χ1v) is 35.8. The fraction of sp³-hybridized carbons (Fsp3) is 0.827. The Kier molecular flexibility index (Phi) is 67.1. The van der Waals surface area contributed by atoms with E-state index in [1.807, 2.05) is 0 Å². The number of carbonyl (C=O) groups excluding carboxylic acids is 3. The first kappa shape index (κ1) is 78.1. The van der Waals surface area contributed by atoms with Crippen molar-refractivity contribution in [2.75, 3.05) is 13.2 Å². The Hall–Kier alpha value is -2.89. The first-order valence-electron chi connectivity index (χ1n) is 35.8. The van der Waals surface area contributed by atoms with Crippen LogP contribution in [0.3, 0.4) is 0 Å². The zero-order valence-corrected chi connectivity index (χ0v) is 54.3. The van der Waals surface area contributed by atoms with Crippen molar-refractivity contribution in [3.8, 4) is 0 Å². The zero-order valence-electron chi connectivity index (χ0n) is 54.3. The summed E-state index contributed by atoms with van der Waals surface area (Å²) in [6, 6.07) is 0. The van der Waals surface area contributed by atoms with Gasteiger partial charge in [-0.2, -0.15) is 0 Å². The topological polar surface area (TPSA) is 78.9 Å². The van der Waals surface area contributed by atoms with Crippen LogP contribution in [0.1, 0.15) is 380 Å². The van der Waals surface area contributed by atoms with Crippen molar-refractivity contribution in [1.82, 2.24) is 0 Å². The van der Waals surface area contributed by atoms with Gasteiger partial charge in [-0.1, -0.05) is 358 Å². The van der Waals surface area contributed by atoms with Gasteiger partial charge >= 0.3 is 17.9 Å². The Morgan fingerprint density at radius 2 is 0.481 bits per heavy atom. The Labute approximate surface area is 504 Å². The molecule has 0 amide bonds. The lowest BCUT2D eigenvalue weighted by Crippen LogP contribution is -2.30. The van der Waals surface area contributed by atoms with Gasteiger partial charge in [-0.05, 0) is 64.2 Å². The van der Waals surface area contributed by atoms with E-state index in [9.17, 15) is 14.4 Å². The molecule has 0 rings (SSSR count). The maximum absolute atomic E-state index is 13.0. The van der Waals surface area contributed by atoms with E-state index in [0.717, 1.165) is 96.3 Å². The molecule has 0 aromatic rings. The fourth-order valence-electron chi connectivity index (χ4n) is 10.7. The van der Waals surface area contributed by atoms with Gasteiger partial charge in [0, 0.05) is 19.3 Å². The number of hydrogen-bond acceptors (Lipinski definition) is 6. The van der Waals surface area contributed by atoms with Crippen molar-refractivity contribution in [3.63, 3.8) is 0 Å². The summed E-state index contributed by atoms with van der Waals surface area (Å²) in [4.78, 5) is 38.5. The van der Waals surface area contributed by atoms with Crippen LogP contribution < -0.4 is 0 Å². The quantitative estimate of drug-likeness (QED) is 0.0261. The summed E-state index contributed by atoms with van der Waals surface area (Å²) in [5.41, 5.74) is 0. The summed E-state index contributed by atoms with van der Waals surface area (Å²) in [5.74, 6) is -0.885. The molecular formula is C75H136O6. The maximum atomic E-state index is 13.0. The van der Waals surface area contributed by atoms with Crippen molar-refractivity contribution >= 4 is 17.9 Å². The summed E-state index contributed by atoms with van der Waals surface area (Å²) in [5, 5.41) is 0. The highest BCUT2D eigenvalue weighted by molar-refractivity contribution is 5.71. The van der Waals surface area contributed by atoms with Crippen molar-refractivity contribution in [3.05, 3.63) is 60.8 Å². The molecular weight excluding hydrogens is 997 g/mol. The van der Waals surface area contributed by atoms with Gasteiger partial charge in [0.15, 0.2) is 6.10 Å². The SMILES string of the molecule is CC/C=C\C/C=C\C/C=C\C/C=C\C/C=C\CCCCCC(=O)OCC(COC(=O)CCCCCCCCCCCCCCCCCCCCCCCCC)OC(=O)CCCCCCCCCCCCCCCCCCCCCCC. The predicted molar refractivity (Wildman–Crippen MR) is 353 cm³/mol. The van der Waals surface area contributed by atoms with E-state index < -0.39 is 6.10 Å². The molecule has 0 radical (unpaired) electrons. The van der Waals surface area contributed by atoms with E-state index in [0.29, 0.717) is 19.3 Å². The molecule has 0 saturated carbocycles. The average Bonchev–Trinajstić information content (AvgIpc) is 3.47. The van der Waals surface area contributed by atoms with Crippen LogP contribution in [0.4, 0.5) is 0 Å². The van der Waals surface area contributed by atoms with Gasteiger partial charge < -0.3 is 14.2 Å². The van der Waals surface area contributed by atoms with Gasteiger partial charge in [-0.15, -0.1) is 0 Å². The molecule has 0 heterocycles. The number of ether oxygens (including phenoxy) is 3. The van der Waals surface area contributed by atoms with Gasteiger partial charge in [0.1, 0.15) is 13.2 Å². The normalized spacial score (nSPS) is 12.4. The number of carbonyl (C=O) groups is 3. The third kappa shape index (κ3) is 67.8. The van der Waals surface area contributed by atoms with Gasteiger partial charge in [0.25, 0.3) is 0 Å². The minimum Gasteiger partial charge on any atom is -0.462 e. The Bertz CT molecular complexity index is 1440. The molecule has 0 aliphatic rings. The molecule has 1 unspecified atom stereocenters. The third-order valence-corrected chi connectivity index (χ3v) is 16.0. The molecule has 6 nitrogen and oxygen atoms in total. The summed E-state index contributed by atoms with van der Waals surface area (Å²) in [7, 11) is 0. The zero-order chi connectivity index (χ0) is 58.5. The molecule has 0 saturated heterocycles. The van der Waals surface area contributed by atoms with Crippen LogP contribution in [0.25, 0.3) is 0 Å². The monoisotopic (exact) mass is 1130 g/mol. The lowest BCUT2D eigenvalue weighted by Gasteiger charge is -2.18. The van der Waals surface area contributed by atoms with Gasteiger partial charge in [-0.3, -0.25) is 14.4 Å². The molecule has 0 aliphatic heterocycles. The number of unbranched alkanes of at least 4 members (excludes halogenated alkanes) is 45. The largest absolute Gasteiger partial charge is 0.462 e. The van der Waals surface area contributed by atoms with Crippen LogP contribution in [0.5, 0.6) is 0 Å². The predicted octanol–water partition coefficient (Wildman–Crippen LogP) is 24.7. The summed E-state index contributed by atoms with van der Waals surface area (Å²) >= 11 is 0. The van der Waals surface area contributed by atoms with E-state index in [1.54, 1.807) is 0 Å². The van der Waals surface area contributed by atoms with Gasteiger partial charge in [0.05, 0.1) is 0 Å². The van der Waals surface area contributed by atoms with Gasteiger partial charge in [-0.25, -0.2) is 0 Å². The molecule has 6 heteroatoms. The van der Waals surface area contributed by atoms with Crippen LogP contribution in [0.2, 0.25) is 0 Å². The molecule has 0 fully saturated rings. The Morgan fingerprint density at radius 1 is 0.259 bits per heavy atom. The molecule has 0 bridgehead atoms. The van der Waals surface area contributed by atoms with E-state index in [-0.39, 0.29) is 31.1 Å². The number of hydrogen-bond donors (Lipinski definition) is 0. The molecule has 0 aromatic carbocycles. The third-order valence-electron chi connectivity index (χ3n) is 16.0. The lowest BCUT2D eigenvalue weighted by atomic mass is 10.0. The average molecular weight is 1130 g/mol. The minimum absolute atomic E-state index is 0.0796. The van der Waals surface area contributed by atoms with Crippen LogP contribution in [-0.4, -0.2) is 37.2 Å². The molecule has 81 heavy (non-hydrogen) atoms. The number of esters is 3. The first-order chi connectivity index (χ1) is 40.0. The van der Waals surface area contributed by atoms with Crippen molar-refractivity contribution < 1.29 is 28.6 Å². The van der Waals surface area contributed by atoms with Crippen molar-refractivity contribution in [1.29, 1.82) is 0 Å². The number of rotatable bonds is 66. The molecule has 0 spiro atoms. The molecule has 472 valence electrons. The van der Waals surface area contributed by atoms with Crippen LogP contribution in [0.15, 0.2) is 60.8 Å². The van der Waals surface area contributed by atoms with Crippen molar-refractivity contribution in [2.24, 2.45) is 0 Å². The van der Waals surface area contributed by atoms with E-state index in [1.165, 1.54) is 244 Å². The molecule has 1 atom stereocenters. The van der Waals surface area contributed by atoms with Gasteiger partial charge in [0.2, 0.25) is 0 Å². The van der Waals surface area contributed by atoms with Crippen LogP contribution >= 0.6 is 0 Å². The molecule has 0 aliphatic carbocycles. The summed E-state index contributed by atoms with van der Waals surface area (Å²) in [6.45, 7) is 6.58. The smallest absolute Gasteiger partial charge is 0.306 e. The second-order valence-corrected chi connectivity index (χ2v) is 24.1. The Balaban J connectivity index is 4.35. The summed E-state index contributed by atoms with van der Waals surface area (Å²) < 4.78 is 17.0. The van der Waals surface area contributed by atoms with Crippen LogP contribution in [-0.2, 0) is 28.6 Å². The maximum Gasteiger partial charge on any atom is 0.306 e. The number of allylic oxidation sites excluding steroid dienone is 10. The van der Waals surface area contributed by atoms with Crippen molar-refractivity contribution in [2.45, 2.75) is 386 Å². The fourth-order valence-corrected chi connectivity index (χ4v) is 10.7. The molecule has 0 aromatic heterocycles. The highest BCUT2D eigenvalue weighted by Gasteiger charge is 2.19. The summed E-state index contributed by atoms with van der Waals surface area (Å²) in [6.07, 6.45) is 89.7.